The lowest BCUT2D eigenvalue weighted by Crippen LogP contribution is -2.38. The maximum absolute atomic E-state index is 12.5. The van der Waals surface area contributed by atoms with Gasteiger partial charge in [-0.2, -0.15) is 0 Å². The van der Waals surface area contributed by atoms with Gasteiger partial charge in [0.15, 0.2) is 5.75 Å². The number of sulfonamides is 1. The molecule has 1 atom stereocenters. The standard InChI is InChI=1S/C21H22ClN3O6S/c1-25(2)32(29,30)21-13(22)9-10-14(18(21)26)23-16-17(20(28)19(16)27)24-15(11-31-3)12-7-5-4-6-8-12/h4-10,15,23-24,26H,11H2,1-3H3/t15-/m1/s1. The van der Waals surface area contributed by atoms with Crippen LogP contribution >= 0.6 is 11.6 Å². The Morgan fingerprint density at radius 2 is 1.69 bits per heavy atom. The minimum absolute atomic E-state index is 0.00673. The molecule has 0 unspecified atom stereocenters. The number of ether oxygens (including phenoxy) is 1. The van der Waals surface area contributed by atoms with Crippen LogP contribution in [0.3, 0.4) is 0 Å². The van der Waals surface area contributed by atoms with Gasteiger partial charge in [0.25, 0.3) is 10.9 Å². The van der Waals surface area contributed by atoms with Crippen LogP contribution in [-0.2, 0) is 14.8 Å². The Bertz CT molecular complexity index is 1300. The van der Waals surface area contributed by atoms with Gasteiger partial charge in [-0.1, -0.05) is 41.9 Å². The fraction of sp³-hybridized carbons (Fsp3) is 0.238. The van der Waals surface area contributed by atoms with Crippen molar-refractivity contribution in [2.24, 2.45) is 0 Å². The summed E-state index contributed by atoms with van der Waals surface area (Å²) in [6.45, 7) is 0.222. The molecule has 0 amide bonds. The predicted octanol–water partition coefficient (Wildman–Crippen LogP) is 2.44. The van der Waals surface area contributed by atoms with E-state index in [1.165, 1.54) is 33.3 Å². The zero-order valence-corrected chi connectivity index (χ0v) is 19.1. The number of hydrogen-bond acceptors (Lipinski definition) is 8. The highest BCUT2D eigenvalue weighted by Gasteiger charge is 2.29. The highest BCUT2D eigenvalue weighted by Crippen LogP contribution is 2.39. The second-order valence-electron chi connectivity index (χ2n) is 7.16. The number of aromatic hydroxyl groups is 1. The van der Waals surface area contributed by atoms with Gasteiger partial charge in [0, 0.05) is 21.2 Å². The number of methoxy groups -OCH3 is 1. The second-order valence-corrected chi connectivity index (χ2v) is 9.65. The van der Waals surface area contributed by atoms with E-state index in [0.717, 1.165) is 9.87 Å². The molecule has 3 aromatic rings. The second kappa shape index (κ2) is 9.29. The molecule has 0 aromatic heterocycles. The first kappa shape index (κ1) is 23.7. The van der Waals surface area contributed by atoms with E-state index in [1.54, 1.807) is 0 Å². The highest BCUT2D eigenvalue weighted by molar-refractivity contribution is 7.89. The smallest absolute Gasteiger partial charge is 0.253 e. The van der Waals surface area contributed by atoms with Crippen LogP contribution in [0.15, 0.2) is 56.9 Å². The van der Waals surface area contributed by atoms with Gasteiger partial charge in [0.1, 0.15) is 16.3 Å². The van der Waals surface area contributed by atoms with Crippen molar-refractivity contribution in [1.29, 1.82) is 0 Å². The van der Waals surface area contributed by atoms with Crippen LogP contribution in [0.5, 0.6) is 5.75 Å². The predicted molar refractivity (Wildman–Crippen MR) is 123 cm³/mol. The van der Waals surface area contributed by atoms with Gasteiger partial charge >= 0.3 is 0 Å². The summed E-state index contributed by atoms with van der Waals surface area (Å²) < 4.78 is 31.2. The zero-order valence-electron chi connectivity index (χ0n) is 17.5. The summed E-state index contributed by atoms with van der Waals surface area (Å²) in [5.74, 6) is -0.665. The third-order valence-electron chi connectivity index (χ3n) is 4.85. The molecule has 3 aromatic carbocycles. The van der Waals surface area contributed by atoms with Crippen molar-refractivity contribution in [1.82, 2.24) is 4.31 Å². The molecular weight excluding hydrogens is 458 g/mol. The Hall–Kier alpha value is -2.92. The van der Waals surface area contributed by atoms with E-state index < -0.39 is 37.6 Å². The molecule has 0 saturated carbocycles. The third kappa shape index (κ3) is 4.35. The third-order valence-corrected chi connectivity index (χ3v) is 7.16. The minimum atomic E-state index is -4.07. The van der Waals surface area contributed by atoms with E-state index in [4.69, 9.17) is 16.3 Å². The van der Waals surface area contributed by atoms with Crippen LogP contribution in [0.4, 0.5) is 17.1 Å². The molecule has 0 saturated heterocycles. The average molecular weight is 480 g/mol. The fourth-order valence-electron chi connectivity index (χ4n) is 3.11. The Morgan fingerprint density at radius 3 is 2.28 bits per heavy atom. The van der Waals surface area contributed by atoms with Gasteiger partial charge in [-0.25, -0.2) is 12.7 Å². The number of hydrogen-bond donors (Lipinski definition) is 3. The van der Waals surface area contributed by atoms with E-state index in [-0.39, 0.29) is 28.7 Å². The molecule has 0 bridgehead atoms. The Labute approximate surface area is 190 Å². The van der Waals surface area contributed by atoms with Crippen molar-refractivity contribution in [2.45, 2.75) is 10.9 Å². The number of halogens is 1. The lowest BCUT2D eigenvalue weighted by molar-refractivity contribution is 0.186. The summed E-state index contributed by atoms with van der Waals surface area (Å²) in [5, 5.41) is 16.1. The summed E-state index contributed by atoms with van der Waals surface area (Å²) in [7, 11) is 0.0272. The van der Waals surface area contributed by atoms with Crippen LogP contribution in [0.25, 0.3) is 0 Å². The van der Waals surface area contributed by atoms with Crippen molar-refractivity contribution in [3.63, 3.8) is 0 Å². The van der Waals surface area contributed by atoms with Crippen LogP contribution in [0.2, 0.25) is 5.02 Å². The summed E-state index contributed by atoms with van der Waals surface area (Å²) in [6.07, 6.45) is 0. The first-order valence-electron chi connectivity index (χ1n) is 9.44. The first-order chi connectivity index (χ1) is 15.1. The molecule has 32 heavy (non-hydrogen) atoms. The first-order valence-corrected chi connectivity index (χ1v) is 11.3. The molecule has 3 rings (SSSR count). The van der Waals surface area contributed by atoms with Gasteiger partial charge < -0.3 is 20.5 Å². The molecule has 9 nitrogen and oxygen atoms in total. The normalized spacial score (nSPS) is 12.8. The van der Waals surface area contributed by atoms with Crippen molar-refractivity contribution >= 4 is 38.7 Å². The van der Waals surface area contributed by atoms with Gasteiger partial charge in [0.05, 0.1) is 23.4 Å². The van der Waals surface area contributed by atoms with E-state index in [2.05, 4.69) is 10.6 Å². The summed E-state index contributed by atoms with van der Waals surface area (Å²) in [6, 6.07) is 11.4. The van der Waals surface area contributed by atoms with Crippen LogP contribution in [-0.4, -0.2) is 45.6 Å². The number of nitrogens with zero attached hydrogens (tertiary/aromatic N) is 1. The minimum Gasteiger partial charge on any atom is -0.504 e. The van der Waals surface area contributed by atoms with E-state index in [9.17, 15) is 23.1 Å². The van der Waals surface area contributed by atoms with Crippen LogP contribution in [0.1, 0.15) is 11.6 Å². The van der Waals surface area contributed by atoms with Crippen molar-refractivity contribution in [3.05, 3.63) is 73.5 Å². The van der Waals surface area contributed by atoms with E-state index in [1.807, 2.05) is 30.3 Å². The lowest BCUT2D eigenvalue weighted by atomic mass is 10.1. The van der Waals surface area contributed by atoms with E-state index >= 15 is 0 Å². The topological polar surface area (TPSA) is 125 Å². The number of benzene rings is 2. The molecule has 0 aliphatic rings. The number of nitrogens with one attached hydrogen (secondary N) is 2. The van der Waals surface area contributed by atoms with Gasteiger partial charge in [-0.3, -0.25) is 9.59 Å². The number of anilines is 3. The zero-order chi connectivity index (χ0) is 23.6. The van der Waals surface area contributed by atoms with Crippen LogP contribution < -0.4 is 21.5 Å². The molecule has 0 spiro atoms. The molecule has 0 aliphatic carbocycles. The highest BCUT2D eigenvalue weighted by atomic mass is 35.5. The fourth-order valence-corrected chi connectivity index (χ4v) is 4.59. The number of phenolic OH excluding ortho intramolecular Hbond substituents is 1. The van der Waals surface area contributed by atoms with Gasteiger partial charge in [0.2, 0.25) is 10.0 Å². The maximum Gasteiger partial charge on any atom is 0.253 e. The largest absolute Gasteiger partial charge is 0.504 e. The van der Waals surface area contributed by atoms with Crippen molar-refractivity contribution in [3.8, 4) is 5.75 Å². The SMILES string of the molecule is COC[C@@H](Nc1c(Nc2ccc(Cl)c(S(=O)(=O)N(C)C)c2O)c(=O)c1=O)c1ccccc1. The average Bonchev–Trinajstić information content (AvgIpc) is 2.76. The Balaban J connectivity index is 1.98. The van der Waals surface area contributed by atoms with Crippen molar-refractivity contribution < 1.29 is 18.3 Å². The summed E-state index contributed by atoms with van der Waals surface area (Å²) in [5.41, 5.74) is -0.887. The molecule has 3 N–H and O–H groups in total. The van der Waals surface area contributed by atoms with Gasteiger partial charge in [-0.05, 0) is 17.7 Å². The summed E-state index contributed by atoms with van der Waals surface area (Å²) >= 11 is 6.01. The molecule has 0 fully saturated rings. The molecule has 170 valence electrons. The molecular formula is C21H22ClN3O6S. The Kier molecular flexibility index (Phi) is 6.89. The van der Waals surface area contributed by atoms with Crippen LogP contribution in [0, 0.1) is 0 Å². The monoisotopic (exact) mass is 479 g/mol. The molecule has 11 heteroatoms. The van der Waals surface area contributed by atoms with Crippen molar-refractivity contribution in [2.75, 3.05) is 38.4 Å². The quantitative estimate of drug-likeness (QED) is 0.315. The lowest BCUT2D eigenvalue weighted by Gasteiger charge is -2.23. The maximum atomic E-state index is 12.5. The molecule has 0 aliphatic heterocycles. The molecule has 0 heterocycles. The van der Waals surface area contributed by atoms with E-state index in [0.29, 0.717) is 0 Å². The Morgan fingerprint density at radius 1 is 1.06 bits per heavy atom. The van der Waals surface area contributed by atoms with Gasteiger partial charge in [-0.15, -0.1) is 0 Å². The molecule has 0 radical (unpaired) electrons. The number of rotatable bonds is 9. The number of phenols is 1. The summed E-state index contributed by atoms with van der Waals surface area (Å²) in [4.78, 5) is 24.0.